The zero-order valence-electron chi connectivity index (χ0n) is 15.3. The number of amides is 1. The van der Waals surface area contributed by atoms with Crippen molar-refractivity contribution >= 4 is 41.2 Å². The highest BCUT2D eigenvalue weighted by atomic mass is 35.5. The molecule has 0 bridgehead atoms. The van der Waals surface area contributed by atoms with E-state index in [-0.39, 0.29) is 17.1 Å². The number of nitrogens with zero attached hydrogens (tertiary/aromatic N) is 1. The number of nitrogens with one attached hydrogen (secondary N) is 1. The second kappa shape index (κ2) is 7.25. The fraction of sp³-hybridized carbons (Fsp3) is 0.200. The molecule has 2 aromatic rings. The van der Waals surface area contributed by atoms with E-state index in [0.717, 1.165) is 22.6 Å². The molecule has 0 unspecified atom stereocenters. The zero-order chi connectivity index (χ0) is 19.9. The van der Waals surface area contributed by atoms with Gasteiger partial charge in [-0.05, 0) is 56.7 Å². The summed E-state index contributed by atoms with van der Waals surface area (Å²) in [6.45, 7) is 5.54. The number of carbonyl (C=O) groups is 2. The zero-order valence-corrected chi connectivity index (χ0v) is 16.8. The highest BCUT2D eigenvalue weighted by Crippen LogP contribution is 2.30. The first-order chi connectivity index (χ1) is 12.7. The number of rotatable bonds is 3. The van der Waals surface area contributed by atoms with Crippen molar-refractivity contribution in [1.29, 1.82) is 0 Å². The maximum Gasteiger partial charge on any atom is 0.340 e. The van der Waals surface area contributed by atoms with E-state index in [1.807, 2.05) is 36.6 Å². The van der Waals surface area contributed by atoms with Crippen molar-refractivity contribution in [2.75, 3.05) is 7.11 Å². The summed E-state index contributed by atoms with van der Waals surface area (Å²) in [7, 11) is 1.29. The van der Waals surface area contributed by atoms with Crippen molar-refractivity contribution in [3.05, 3.63) is 68.1 Å². The Hall–Kier alpha value is -2.50. The Kier molecular flexibility index (Phi) is 5.18. The van der Waals surface area contributed by atoms with Crippen LogP contribution in [0.2, 0.25) is 10.0 Å². The molecule has 3 rings (SSSR count). The molecule has 1 aliphatic rings. The summed E-state index contributed by atoms with van der Waals surface area (Å²) < 4.78 is 6.80. The Bertz CT molecular complexity index is 1010. The SMILES string of the molecule is COC(=O)C1=C(C)NC(=O)/C1=C\c1cc(C)n(-c2cc(Cl)cc(Cl)c2)c1C. The van der Waals surface area contributed by atoms with E-state index in [0.29, 0.717) is 15.7 Å². The van der Waals surface area contributed by atoms with Crippen LogP contribution in [0.1, 0.15) is 23.9 Å². The fourth-order valence-corrected chi connectivity index (χ4v) is 3.79. The van der Waals surface area contributed by atoms with Crippen LogP contribution in [0.25, 0.3) is 11.8 Å². The lowest BCUT2D eigenvalue weighted by Gasteiger charge is -2.11. The van der Waals surface area contributed by atoms with E-state index in [1.165, 1.54) is 7.11 Å². The molecule has 1 aliphatic heterocycles. The number of carbonyl (C=O) groups excluding carboxylic acids is 2. The minimum absolute atomic E-state index is 0.248. The number of methoxy groups -OCH3 is 1. The van der Waals surface area contributed by atoms with E-state index in [1.54, 1.807) is 19.1 Å². The van der Waals surface area contributed by atoms with Crippen LogP contribution in [0.15, 0.2) is 41.1 Å². The van der Waals surface area contributed by atoms with Crippen molar-refractivity contribution in [3.63, 3.8) is 0 Å². The monoisotopic (exact) mass is 404 g/mol. The number of esters is 1. The Morgan fingerprint density at radius 1 is 1.11 bits per heavy atom. The second-order valence-corrected chi connectivity index (χ2v) is 7.17. The molecular weight excluding hydrogens is 387 g/mol. The van der Waals surface area contributed by atoms with Gasteiger partial charge in [0.05, 0.1) is 18.3 Å². The van der Waals surface area contributed by atoms with Gasteiger partial charge in [0.15, 0.2) is 0 Å². The van der Waals surface area contributed by atoms with E-state index in [2.05, 4.69) is 5.32 Å². The molecule has 1 N–H and O–H groups in total. The van der Waals surface area contributed by atoms with Gasteiger partial charge in [0.2, 0.25) is 0 Å². The highest BCUT2D eigenvalue weighted by Gasteiger charge is 2.31. The van der Waals surface area contributed by atoms with Gasteiger partial charge in [0.1, 0.15) is 0 Å². The van der Waals surface area contributed by atoms with Gasteiger partial charge in [0.25, 0.3) is 5.91 Å². The number of halogens is 2. The number of hydrogen-bond acceptors (Lipinski definition) is 3. The van der Waals surface area contributed by atoms with Crippen LogP contribution in [0.4, 0.5) is 0 Å². The topological polar surface area (TPSA) is 60.3 Å². The average molecular weight is 405 g/mol. The lowest BCUT2D eigenvalue weighted by atomic mass is 10.0. The van der Waals surface area contributed by atoms with Crippen LogP contribution in [0.3, 0.4) is 0 Å². The molecule has 0 saturated heterocycles. The molecule has 5 nitrogen and oxygen atoms in total. The number of allylic oxidation sites excluding steroid dienone is 1. The molecule has 0 atom stereocenters. The number of ether oxygens (including phenoxy) is 1. The molecule has 1 aromatic heterocycles. The molecule has 0 aliphatic carbocycles. The number of benzene rings is 1. The maximum atomic E-state index is 12.3. The maximum absolute atomic E-state index is 12.3. The summed E-state index contributed by atoms with van der Waals surface area (Å²) in [6.07, 6.45) is 1.70. The van der Waals surface area contributed by atoms with Gasteiger partial charge in [-0.15, -0.1) is 0 Å². The molecule has 27 heavy (non-hydrogen) atoms. The van der Waals surface area contributed by atoms with Gasteiger partial charge in [-0.3, -0.25) is 4.79 Å². The third-order valence-electron chi connectivity index (χ3n) is 4.46. The van der Waals surface area contributed by atoms with E-state index in [4.69, 9.17) is 27.9 Å². The van der Waals surface area contributed by atoms with Gasteiger partial charge in [-0.25, -0.2) is 4.79 Å². The lowest BCUT2D eigenvalue weighted by molar-refractivity contribution is -0.136. The lowest BCUT2D eigenvalue weighted by Crippen LogP contribution is -2.15. The smallest absolute Gasteiger partial charge is 0.340 e. The third-order valence-corrected chi connectivity index (χ3v) is 4.89. The summed E-state index contributed by atoms with van der Waals surface area (Å²) in [5.74, 6) is -0.879. The minimum atomic E-state index is -0.549. The van der Waals surface area contributed by atoms with Gasteiger partial charge in [-0.1, -0.05) is 23.2 Å². The molecule has 1 aromatic carbocycles. The normalized spacial score (nSPS) is 15.5. The first-order valence-corrected chi connectivity index (χ1v) is 8.96. The summed E-state index contributed by atoms with van der Waals surface area (Å²) in [5, 5.41) is 3.74. The van der Waals surface area contributed by atoms with E-state index >= 15 is 0 Å². The molecule has 0 radical (unpaired) electrons. The van der Waals surface area contributed by atoms with Crippen LogP contribution < -0.4 is 5.32 Å². The Morgan fingerprint density at radius 3 is 2.33 bits per heavy atom. The fourth-order valence-electron chi connectivity index (χ4n) is 3.27. The van der Waals surface area contributed by atoms with Gasteiger partial charge in [0, 0.05) is 32.8 Å². The summed E-state index contributed by atoms with van der Waals surface area (Å²) in [4.78, 5) is 24.4. The molecule has 0 fully saturated rings. The van der Waals surface area contributed by atoms with Gasteiger partial charge in [-0.2, -0.15) is 0 Å². The van der Waals surface area contributed by atoms with Gasteiger partial charge >= 0.3 is 5.97 Å². The highest BCUT2D eigenvalue weighted by molar-refractivity contribution is 6.34. The molecule has 2 heterocycles. The second-order valence-electron chi connectivity index (χ2n) is 6.29. The largest absolute Gasteiger partial charge is 0.465 e. The van der Waals surface area contributed by atoms with Crippen LogP contribution in [0.5, 0.6) is 0 Å². The van der Waals surface area contributed by atoms with Crippen molar-refractivity contribution in [1.82, 2.24) is 9.88 Å². The summed E-state index contributed by atoms with van der Waals surface area (Å²) in [6, 6.07) is 7.24. The minimum Gasteiger partial charge on any atom is -0.465 e. The van der Waals surface area contributed by atoms with Crippen molar-refractivity contribution in [2.45, 2.75) is 20.8 Å². The Labute approximate surface area is 167 Å². The summed E-state index contributed by atoms with van der Waals surface area (Å²) in [5.41, 5.74) is 4.47. The molecule has 1 amide bonds. The standard InChI is InChI=1S/C20H18Cl2N2O3/c1-10-5-13(6-17-18(20(26)27-4)11(2)23-19(17)25)12(3)24(10)16-8-14(21)7-15(22)9-16/h5-9H,1-4H3,(H,23,25)/b17-6-. The van der Waals surface area contributed by atoms with E-state index in [9.17, 15) is 9.59 Å². The predicted molar refractivity (Wildman–Crippen MR) is 106 cm³/mol. The van der Waals surface area contributed by atoms with E-state index < -0.39 is 5.97 Å². The van der Waals surface area contributed by atoms with Crippen LogP contribution in [-0.2, 0) is 14.3 Å². The van der Waals surface area contributed by atoms with Crippen molar-refractivity contribution in [3.8, 4) is 5.69 Å². The average Bonchev–Trinajstić information content (AvgIpc) is 3.01. The number of aryl methyl sites for hydroxylation is 1. The first-order valence-electron chi connectivity index (χ1n) is 8.21. The number of aromatic nitrogens is 1. The molecule has 7 heteroatoms. The van der Waals surface area contributed by atoms with Crippen molar-refractivity contribution < 1.29 is 14.3 Å². The van der Waals surface area contributed by atoms with Crippen molar-refractivity contribution in [2.24, 2.45) is 0 Å². The molecule has 140 valence electrons. The first kappa shape index (κ1) is 19.3. The molecule has 0 spiro atoms. The van der Waals surface area contributed by atoms with Crippen LogP contribution >= 0.6 is 23.2 Å². The molecular formula is C20H18Cl2N2O3. The predicted octanol–water partition coefficient (Wildman–Crippen LogP) is 4.36. The van der Waals surface area contributed by atoms with Gasteiger partial charge < -0.3 is 14.6 Å². The van der Waals surface area contributed by atoms with Crippen LogP contribution in [0, 0.1) is 13.8 Å². The summed E-state index contributed by atoms with van der Waals surface area (Å²) >= 11 is 12.3. The third kappa shape index (κ3) is 3.53. The quantitative estimate of drug-likeness (QED) is 0.610. The molecule has 0 saturated carbocycles. The Morgan fingerprint density at radius 2 is 1.74 bits per heavy atom. The Balaban J connectivity index is 2.13. The van der Waals surface area contributed by atoms with Crippen LogP contribution in [-0.4, -0.2) is 23.6 Å². The number of hydrogen-bond donors (Lipinski definition) is 1.